The Kier molecular flexibility index (Phi) is 2.66. The summed E-state index contributed by atoms with van der Waals surface area (Å²) in [6.45, 7) is 2.07. The number of aliphatic hydroxyl groups is 1. The van der Waals surface area contributed by atoms with E-state index < -0.39 is 0 Å². The summed E-state index contributed by atoms with van der Waals surface area (Å²) in [4.78, 5) is 2.49. The van der Waals surface area contributed by atoms with Gasteiger partial charge in [-0.05, 0) is 19.3 Å². The Morgan fingerprint density at radius 2 is 1.75 bits per heavy atom. The van der Waals surface area contributed by atoms with Crippen molar-refractivity contribution in [1.29, 1.82) is 0 Å². The van der Waals surface area contributed by atoms with Crippen molar-refractivity contribution in [2.75, 3.05) is 13.1 Å². The van der Waals surface area contributed by atoms with Crippen molar-refractivity contribution in [3.05, 3.63) is 0 Å². The molecule has 0 aromatic rings. The Balaban J connectivity index is 1.83. The molecule has 2 fully saturated rings. The van der Waals surface area contributed by atoms with Crippen molar-refractivity contribution in [2.24, 2.45) is 0 Å². The van der Waals surface area contributed by atoms with E-state index in [4.69, 9.17) is 0 Å². The Hall–Kier alpha value is -0.0800. The molecular weight excluding hydrogens is 150 g/mol. The molecular formula is C10H19NO. The van der Waals surface area contributed by atoms with Gasteiger partial charge in [0, 0.05) is 19.1 Å². The first-order valence-corrected chi connectivity index (χ1v) is 5.28. The fourth-order valence-corrected chi connectivity index (χ4v) is 2.55. The van der Waals surface area contributed by atoms with Gasteiger partial charge in [0.1, 0.15) is 0 Å². The van der Waals surface area contributed by atoms with Crippen LogP contribution in [0, 0.1) is 0 Å². The average molecular weight is 169 g/mol. The van der Waals surface area contributed by atoms with Crippen LogP contribution in [0.4, 0.5) is 0 Å². The minimum Gasteiger partial charge on any atom is -0.392 e. The van der Waals surface area contributed by atoms with E-state index >= 15 is 0 Å². The lowest BCUT2D eigenvalue weighted by Gasteiger charge is -2.30. The first-order chi connectivity index (χ1) is 5.86. The lowest BCUT2D eigenvalue weighted by atomic mass is 9.94. The Labute approximate surface area is 74.6 Å². The van der Waals surface area contributed by atoms with E-state index in [9.17, 15) is 5.11 Å². The first kappa shape index (κ1) is 8.52. The van der Waals surface area contributed by atoms with Gasteiger partial charge in [0.2, 0.25) is 0 Å². The van der Waals surface area contributed by atoms with Crippen LogP contribution >= 0.6 is 0 Å². The van der Waals surface area contributed by atoms with Crippen LogP contribution in [0.5, 0.6) is 0 Å². The second-order valence-corrected chi connectivity index (χ2v) is 4.23. The van der Waals surface area contributed by atoms with Gasteiger partial charge in [-0.2, -0.15) is 0 Å². The SMILES string of the molecule is O[C@H]1CCN(C2CCCCC2)C1. The van der Waals surface area contributed by atoms with E-state index in [2.05, 4.69) is 4.90 Å². The van der Waals surface area contributed by atoms with Crippen molar-refractivity contribution >= 4 is 0 Å². The molecule has 1 heterocycles. The van der Waals surface area contributed by atoms with Crippen LogP contribution in [0.1, 0.15) is 38.5 Å². The van der Waals surface area contributed by atoms with E-state index in [1.807, 2.05) is 0 Å². The molecule has 70 valence electrons. The summed E-state index contributed by atoms with van der Waals surface area (Å²) in [6, 6.07) is 0.802. The van der Waals surface area contributed by atoms with Gasteiger partial charge in [0.15, 0.2) is 0 Å². The van der Waals surface area contributed by atoms with Gasteiger partial charge in [-0.25, -0.2) is 0 Å². The highest BCUT2D eigenvalue weighted by molar-refractivity contribution is 4.82. The van der Waals surface area contributed by atoms with E-state index in [1.165, 1.54) is 32.1 Å². The fraction of sp³-hybridized carbons (Fsp3) is 1.00. The summed E-state index contributed by atoms with van der Waals surface area (Å²) in [5.74, 6) is 0. The Morgan fingerprint density at radius 3 is 2.33 bits per heavy atom. The van der Waals surface area contributed by atoms with Gasteiger partial charge in [-0.3, -0.25) is 4.90 Å². The van der Waals surface area contributed by atoms with Crippen LogP contribution in [0.3, 0.4) is 0 Å². The van der Waals surface area contributed by atoms with Crippen molar-refractivity contribution in [2.45, 2.75) is 50.7 Å². The highest BCUT2D eigenvalue weighted by Crippen LogP contribution is 2.25. The molecule has 1 aliphatic carbocycles. The first-order valence-electron chi connectivity index (χ1n) is 5.28. The van der Waals surface area contributed by atoms with Crippen molar-refractivity contribution in [1.82, 2.24) is 4.90 Å². The maximum Gasteiger partial charge on any atom is 0.0679 e. The minimum atomic E-state index is -0.0353. The molecule has 0 aromatic heterocycles. The maximum absolute atomic E-state index is 9.39. The fourth-order valence-electron chi connectivity index (χ4n) is 2.55. The standard InChI is InChI=1S/C10H19NO/c12-10-6-7-11(8-10)9-4-2-1-3-5-9/h9-10,12H,1-8H2/t10-/m0/s1. The number of nitrogens with zero attached hydrogens (tertiary/aromatic N) is 1. The molecule has 0 amide bonds. The molecule has 1 saturated carbocycles. The third-order valence-electron chi connectivity index (χ3n) is 3.29. The number of hydrogen-bond acceptors (Lipinski definition) is 2. The molecule has 1 atom stereocenters. The van der Waals surface area contributed by atoms with Gasteiger partial charge < -0.3 is 5.11 Å². The summed E-state index contributed by atoms with van der Waals surface area (Å²) in [5.41, 5.74) is 0. The zero-order valence-corrected chi connectivity index (χ0v) is 7.71. The molecule has 0 bridgehead atoms. The number of likely N-dealkylation sites (tertiary alicyclic amines) is 1. The molecule has 1 N–H and O–H groups in total. The molecule has 2 aliphatic rings. The molecule has 1 saturated heterocycles. The van der Waals surface area contributed by atoms with Crippen molar-refractivity contribution in [3.63, 3.8) is 0 Å². The van der Waals surface area contributed by atoms with Crippen LogP contribution in [0.2, 0.25) is 0 Å². The van der Waals surface area contributed by atoms with Gasteiger partial charge >= 0.3 is 0 Å². The molecule has 0 radical (unpaired) electrons. The molecule has 0 spiro atoms. The third kappa shape index (κ3) is 1.80. The second kappa shape index (κ2) is 3.75. The summed E-state index contributed by atoms with van der Waals surface area (Å²) >= 11 is 0. The highest BCUT2D eigenvalue weighted by atomic mass is 16.3. The van der Waals surface area contributed by atoms with E-state index in [0.29, 0.717) is 0 Å². The van der Waals surface area contributed by atoms with Crippen LogP contribution in [0.25, 0.3) is 0 Å². The van der Waals surface area contributed by atoms with E-state index in [1.54, 1.807) is 0 Å². The van der Waals surface area contributed by atoms with Gasteiger partial charge in [-0.15, -0.1) is 0 Å². The Morgan fingerprint density at radius 1 is 1.00 bits per heavy atom. The van der Waals surface area contributed by atoms with E-state index in [-0.39, 0.29) is 6.10 Å². The zero-order chi connectivity index (χ0) is 8.39. The molecule has 1 aliphatic heterocycles. The maximum atomic E-state index is 9.39. The van der Waals surface area contributed by atoms with E-state index in [0.717, 1.165) is 25.6 Å². The Bertz CT molecular complexity index is 140. The number of aliphatic hydroxyl groups excluding tert-OH is 1. The minimum absolute atomic E-state index is 0.0353. The second-order valence-electron chi connectivity index (χ2n) is 4.23. The number of rotatable bonds is 1. The largest absolute Gasteiger partial charge is 0.392 e. The van der Waals surface area contributed by atoms with Crippen molar-refractivity contribution in [3.8, 4) is 0 Å². The van der Waals surface area contributed by atoms with Crippen LogP contribution in [-0.4, -0.2) is 35.2 Å². The topological polar surface area (TPSA) is 23.5 Å². The molecule has 0 unspecified atom stereocenters. The molecule has 2 heteroatoms. The van der Waals surface area contributed by atoms with Crippen LogP contribution in [0.15, 0.2) is 0 Å². The highest BCUT2D eigenvalue weighted by Gasteiger charge is 2.27. The lowest BCUT2D eigenvalue weighted by Crippen LogP contribution is -2.35. The third-order valence-corrected chi connectivity index (χ3v) is 3.29. The monoisotopic (exact) mass is 169 g/mol. The van der Waals surface area contributed by atoms with Crippen molar-refractivity contribution < 1.29 is 5.11 Å². The molecule has 2 rings (SSSR count). The normalized spacial score (nSPS) is 34.2. The van der Waals surface area contributed by atoms with Gasteiger partial charge in [-0.1, -0.05) is 19.3 Å². The molecule has 2 nitrogen and oxygen atoms in total. The van der Waals surface area contributed by atoms with Crippen LogP contribution < -0.4 is 0 Å². The smallest absolute Gasteiger partial charge is 0.0679 e. The average Bonchev–Trinajstić information content (AvgIpc) is 2.54. The summed E-state index contributed by atoms with van der Waals surface area (Å²) < 4.78 is 0. The lowest BCUT2D eigenvalue weighted by molar-refractivity contribution is 0.142. The zero-order valence-electron chi connectivity index (χ0n) is 7.71. The number of hydrogen-bond donors (Lipinski definition) is 1. The predicted octanol–water partition coefficient (Wildman–Crippen LogP) is 1.39. The summed E-state index contributed by atoms with van der Waals surface area (Å²) in [6.07, 6.45) is 7.92. The number of β-amino-alcohol motifs (C(OH)–C–C–N with tert-alkyl or cyclic N) is 1. The van der Waals surface area contributed by atoms with Crippen LogP contribution in [-0.2, 0) is 0 Å². The van der Waals surface area contributed by atoms with Gasteiger partial charge in [0.05, 0.1) is 6.10 Å². The predicted molar refractivity (Wildman–Crippen MR) is 49.1 cm³/mol. The quantitative estimate of drug-likeness (QED) is 0.641. The summed E-state index contributed by atoms with van der Waals surface area (Å²) in [5, 5.41) is 9.39. The molecule has 0 aromatic carbocycles. The van der Waals surface area contributed by atoms with Gasteiger partial charge in [0.25, 0.3) is 0 Å². The molecule has 12 heavy (non-hydrogen) atoms. The summed E-state index contributed by atoms with van der Waals surface area (Å²) in [7, 11) is 0.